The molecule has 0 aliphatic heterocycles. The Balaban J connectivity index is 1.54. The van der Waals surface area contributed by atoms with E-state index in [0.29, 0.717) is 5.82 Å². The topological polar surface area (TPSA) is 82.3 Å². The number of aromatic amines is 2. The quantitative estimate of drug-likeness (QED) is 0.177. The highest BCUT2D eigenvalue weighted by molar-refractivity contribution is 7.15. The number of nitrogens with one attached hydrogen (secondary N) is 3. The van der Waals surface area contributed by atoms with Gasteiger partial charge in [-0.3, -0.25) is 10.1 Å². The maximum atomic E-state index is 4.97. The molecule has 4 aromatic heterocycles. The average molecular weight is 507 g/mol. The van der Waals surface area contributed by atoms with Gasteiger partial charge in [-0.15, -0.1) is 11.3 Å². The molecule has 0 aliphatic carbocycles. The number of benzene rings is 1. The van der Waals surface area contributed by atoms with Gasteiger partial charge in [-0.1, -0.05) is 38.6 Å². The van der Waals surface area contributed by atoms with Crippen LogP contribution in [0.3, 0.4) is 0 Å². The van der Waals surface area contributed by atoms with Gasteiger partial charge >= 0.3 is 0 Å². The second-order valence-electron chi connectivity index (χ2n) is 8.94. The number of aryl methyl sites for hydroxylation is 1. The fourth-order valence-electron chi connectivity index (χ4n) is 4.39. The van der Waals surface area contributed by atoms with Crippen molar-refractivity contribution in [1.29, 1.82) is 0 Å². The highest BCUT2D eigenvalue weighted by Crippen LogP contribution is 2.34. The lowest BCUT2D eigenvalue weighted by Gasteiger charge is -2.11. The Morgan fingerprint density at radius 1 is 1.16 bits per heavy atom. The number of thiophene rings is 1. The third-order valence-corrected chi connectivity index (χ3v) is 7.27. The van der Waals surface area contributed by atoms with E-state index in [2.05, 4.69) is 95.0 Å². The van der Waals surface area contributed by atoms with Crippen LogP contribution in [0.1, 0.15) is 37.1 Å². The standard InChI is InChI=1S/C30H30N6S/c1-6-9-18(4)32-22(8-3)14-20(7-2)21-11-12-25-23(15-21)29(36-35-25)30-33-26-17-31-16-24(28(26)34-30)27-13-10-19(5)37-27/h7-8,10-17,32H,3-4,6,9H2,1-2,5H3,(H,33,34)(H,35,36)/b20-7+,22-14+. The minimum absolute atomic E-state index is 0.711. The fourth-order valence-corrected chi connectivity index (χ4v) is 5.27. The lowest BCUT2D eigenvalue weighted by atomic mass is 10.0. The first kappa shape index (κ1) is 24.5. The molecule has 7 heteroatoms. The first-order valence-electron chi connectivity index (χ1n) is 12.3. The molecule has 0 saturated carbocycles. The SMILES string of the molecule is C=C/C(=C\C(=C/C)c1ccc2[nH]nc(-c3nc4c(-c5ccc(C)s5)cncc4[nH]3)c2c1)NC(=C)CCC. The van der Waals surface area contributed by atoms with Gasteiger partial charge in [-0.05, 0) is 67.8 Å². The summed E-state index contributed by atoms with van der Waals surface area (Å²) in [5, 5.41) is 12.1. The molecule has 6 nitrogen and oxygen atoms in total. The zero-order valence-electron chi connectivity index (χ0n) is 21.4. The summed E-state index contributed by atoms with van der Waals surface area (Å²) >= 11 is 1.74. The Morgan fingerprint density at radius 2 is 2.03 bits per heavy atom. The summed E-state index contributed by atoms with van der Waals surface area (Å²) in [5.41, 5.74) is 8.57. The number of hydrogen-bond acceptors (Lipinski definition) is 5. The molecule has 4 heterocycles. The second kappa shape index (κ2) is 10.4. The van der Waals surface area contributed by atoms with Crippen LogP contribution >= 0.6 is 11.3 Å². The third-order valence-electron chi connectivity index (χ3n) is 6.24. The van der Waals surface area contributed by atoms with E-state index in [1.165, 1.54) is 4.88 Å². The highest BCUT2D eigenvalue weighted by Gasteiger charge is 2.17. The summed E-state index contributed by atoms with van der Waals surface area (Å²) in [6, 6.07) is 10.5. The molecule has 0 aliphatic rings. The van der Waals surface area contributed by atoms with Crippen LogP contribution in [0.5, 0.6) is 0 Å². The van der Waals surface area contributed by atoms with Crippen molar-refractivity contribution in [3.8, 4) is 22.0 Å². The van der Waals surface area contributed by atoms with Crippen molar-refractivity contribution in [2.75, 3.05) is 0 Å². The number of pyridine rings is 1. The van der Waals surface area contributed by atoms with Crippen molar-refractivity contribution in [2.45, 2.75) is 33.6 Å². The van der Waals surface area contributed by atoms with Crippen LogP contribution in [0.15, 0.2) is 85.5 Å². The molecule has 3 N–H and O–H groups in total. The van der Waals surface area contributed by atoms with Gasteiger partial charge in [0.1, 0.15) is 11.2 Å². The van der Waals surface area contributed by atoms with Gasteiger partial charge in [-0.25, -0.2) is 4.98 Å². The van der Waals surface area contributed by atoms with Crippen LogP contribution < -0.4 is 5.32 Å². The monoisotopic (exact) mass is 506 g/mol. The van der Waals surface area contributed by atoms with Crippen LogP contribution in [0.4, 0.5) is 0 Å². The van der Waals surface area contributed by atoms with Crippen molar-refractivity contribution in [3.63, 3.8) is 0 Å². The van der Waals surface area contributed by atoms with E-state index < -0.39 is 0 Å². The lowest BCUT2D eigenvalue weighted by Crippen LogP contribution is -2.10. The van der Waals surface area contributed by atoms with Crippen molar-refractivity contribution < 1.29 is 0 Å². The van der Waals surface area contributed by atoms with E-state index in [4.69, 9.17) is 4.98 Å². The van der Waals surface area contributed by atoms with Crippen LogP contribution in [0.2, 0.25) is 0 Å². The number of nitrogens with zero attached hydrogens (tertiary/aromatic N) is 3. The van der Waals surface area contributed by atoms with E-state index in [-0.39, 0.29) is 0 Å². The molecule has 0 spiro atoms. The summed E-state index contributed by atoms with van der Waals surface area (Å²) in [4.78, 5) is 15.3. The molecule has 5 aromatic rings. The summed E-state index contributed by atoms with van der Waals surface area (Å²) in [6.07, 6.45) is 11.7. The molecule has 186 valence electrons. The Bertz CT molecular complexity index is 1680. The van der Waals surface area contributed by atoms with Crippen molar-refractivity contribution >= 4 is 38.8 Å². The summed E-state index contributed by atoms with van der Waals surface area (Å²) < 4.78 is 0. The number of rotatable bonds is 9. The molecule has 0 bridgehead atoms. The van der Waals surface area contributed by atoms with Crippen LogP contribution in [-0.2, 0) is 0 Å². The van der Waals surface area contributed by atoms with Gasteiger partial charge in [0.25, 0.3) is 0 Å². The molecule has 0 amide bonds. The predicted molar refractivity (Wildman–Crippen MR) is 156 cm³/mol. The van der Waals surface area contributed by atoms with Gasteiger partial charge in [-0.2, -0.15) is 5.10 Å². The normalized spacial score (nSPS) is 12.4. The van der Waals surface area contributed by atoms with Crippen molar-refractivity contribution in [2.24, 2.45) is 0 Å². The minimum atomic E-state index is 0.711. The minimum Gasteiger partial charge on any atom is -0.359 e. The molecule has 0 radical (unpaired) electrons. The molecule has 0 saturated heterocycles. The molecule has 5 rings (SSSR count). The molecule has 0 atom stereocenters. The van der Waals surface area contributed by atoms with Crippen molar-refractivity contribution in [1.82, 2.24) is 30.5 Å². The van der Waals surface area contributed by atoms with E-state index in [0.717, 1.165) is 73.4 Å². The largest absolute Gasteiger partial charge is 0.359 e. The zero-order chi connectivity index (χ0) is 25.9. The summed E-state index contributed by atoms with van der Waals surface area (Å²) in [6.45, 7) is 14.4. The Labute approximate surface area is 220 Å². The van der Waals surface area contributed by atoms with Gasteiger partial charge in [0.05, 0.1) is 17.2 Å². The van der Waals surface area contributed by atoms with Gasteiger partial charge in [0.15, 0.2) is 5.82 Å². The van der Waals surface area contributed by atoms with Gasteiger partial charge < -0.3 is 10.3 Å². The maximum absolute atomic E-state index is 4.97. The number of hydrogen-bond donors (Lipinski definition) is 3. The average Bonchev–Trinajstić information content (AvgIpc) is 3.63. The number of fused-ring (bicyclic) bond motifs is 2. The van der Waals surface area contributed by atoms with Gasteiger partial charge in [0, 0.05) is 38.3 Å². The fraction of sp³-hybridized carbons (Fsp3) is 0.167. The van der Waals surface area contributed by atoms with E-state index in [9.17, 15) is 0 Å². The molecule has 1 aromatic carbocycles. The highest BCUT2D eigenvalue weighted by atomic mass is 32.1. The van der Waals surface area contributed by atoms with Crippen molar-refractivity contribution in [3.05, 3.63) is 95.9 Å². The molecule has 37 heavy (non-hydrogen) atoms. The maximum Gasteiger partial charge on any atom is 0.159 e. The van der Waals surface area contributed by atoms with Crippen LogP contribution in [0, 0.1) is 6.92 Å². The van der Waals surface area contributed by atoms with Crippen LogP contribution in [0.25, 0.3) is 49.5 Å². The summed E-state index contributed by atoms with van der Waals surface area (Å²) in [7, 11) is 0. The molecular formula is C30H30N6S. The zero-order valence-corrected chi connectivity index (χ0v) is 22.2. The summed E-state index contributed by atoms with van der Waals surface area (Å²) in [5.74, 6) is 0.711. The Morgan fingerprint density at radius 3 is 2.76 bits per heavy atom. The smallest absolute Gasteiger partial charge is 0.159 e. The lowest BCUT2D eigenvalue weighted by molar-refractivity contribution is 0.829. The molecular weight excluding hydrogens is 476 g/mol. The first-order chi connectivity index (χ1) is 18.0. The number of H-pyrrole nitrogens is 2. The van der Waals surface area contributed by atoms with E-state index in [1.807, 2.05) is 25.4 Å². The van der Waals surface area contributed by atoms with Crippen LogP contribution in [-0.4, -0.2) is 25.1 Å². The Hall–Kier alpha value is -4.23. The molecule has 0 fully saturated rings. The second-order valence-corrected chi connectivity index (χ2v) is 10.2. The van der Waals surface area contributed by atoms with Gasteiger partial charge in [0.2, 0.25) is 0 Å². The Kier molecular flexibility index (Phi) is 6.88. The number of allylic oxidation sites excluding steroid dienone is 5. The first-order valence-corrected chi connectivity index (χ1v) is 13.2. The van der Waals surface area contributed by atoms with E-state index in [1.54, 1.807) is 11.3 Å². The van der Waals surface area contributed by atoms with E-state index >= 15 is 0 Å². The third kappa shape index (κ3) is 4.90. The number of imidazole rings is 1. The molecule has 0 unspecified atom stereocenters. The predicted octanol–water partition coefficient (Wildman–Crippen LogP) is 7.91. The number of aromatic nitrogens is 5.